The standard InChI is InChI=1S/C13H14FN3O4/c1-8(18)15-10-4-5-16(7-10)13(19)9-2-3-12(17(20)21)11(14)6-9/h2-3,6,10H,4-5,7H2,1H3,(H,15,18). The number of carbonyl (C=O) groups excluding carboxylic acids is 2. The fourth-order valence-corrected chi connectivity index (χ4v) is 2.32. The van der Waals surface area contributed by atoms with Gasteiger partial charge in [-0.05, 0) is 18.6 Å². The van der Waals surface area contributed by atoms with E-state index in [1.165, 1.54) is 17.9 Å². The van der Waals surface area contributed by atoms with Crippen molar-refractivity contribution in [3.63, 3.8) is 0 Å². The Balaban J connectivity index is 2.09. The molecule has 1 aliphatic rings. The molecule has 1 fully saturated rings. The quantitative estimate of drug-likeness (QED) is 0.667. The summed E-state index contributed by atoms with van der Waals surface area (Å²) in [6.07, 6.45) is 0.626. The molecule has 2 rings (SSSR count). The summed E-state index contributed by atoms with van der Waals surface area (Å²) in [4.78, 5) is 34.3. The zero-order valence-corrected chi connectivity index (χ0v) is 11.3. The van der Waals surface area contributed by atoms with Crippen molar-refractivity contribution in [1.82, 2.24) is 10.2 Å². The maximum absolute atomic E-state index is 13.5. The first-order valence-electron chi connectivity index (χ1n) is 6.39. The highest BCUT2D eigenvalue weighted by Gasteiger charge is 2.28. The van der Waals surface area contributed by atoms with Crippen molar-refractivity contribution < 1.29 is 18.9 Å². The predicted molar refractivity (Wildman–Crippen MR) is 71.2 cm³/mol. The summed E-state index contributed by atoms with van der Waals surface area (Å²) >= 11 is 0. The molecule has 7 nitrogen and oxygen atoms in total. The lowest BCUT2D eigenvalue weighted by Crippen LogP contribution is -2.37. The van der Waals surface area contributed by atoms with Crippen molar-refractivity contribution in [3.05, 3.63) is 39.7 Å². The second-order valence-electron chi connectivity index (χ2n) is 4.86. The van der Waals surface area contributed by atoms with Gasteiger partial charge in [0.15, 0.2) is 0 Å². The Morgan fingerprint density at radius 1 is 1.48 bits per heavy atom. The molecule has 1 atom stereocenters. The fourth-order valence-electron chi connectivity index (χ4n) is 2.32. The Bertz CT molecular complexity index is 605. The van der Waals surface area contributed by atoms with Crippen LogP contribution >= 0.6 is 0 Å². The van der Waals surface area contributed by atoms with Crippen LogP contribution in [0.1, 0.15) is 23.7 Å². The van der Waals surface area contributed by atoms with Crippen molar-refractivity contribution in [2.24, 2.45) is 0 Å². The van der Waals surface area contributed by atoms with E-state index in [4.69, 9.17) is 0 Å². The normalized spacial score (nSPS) is 17.6. The summed E-state index contributed by atoms with van der Waals surface area (Å²) in [5.41, 5.74) is -0.606. The summed E-state index contributed by atoms with van der Waals surface area (Å²) in [6, 6.07) is 2.96. The Kier molecular flexibility index (Phi) is 4.15. The molecule has 1 unspecified atom stereocenters. The van der Waals surface area contributed by atoms with Gasteiger partial charge in [-0.3, -0.25) is 19.7 Å². The van der Waals surface area contributed by atoms with E-state index in [0.29, 0.717) is 19.5 Å². The minimum atomic E-state index is -1.04. The number of carbonyl (C=O) groups is 2. The number of nitrogens with zero attached hydrogens (tertiary/aromatic N) is 2. The molecule has 0 radical (unpaired) electrons. The topological polar surface area (TPSA) is 92.6 Å². The second kappa shape index (κ2) is 5.86. The van der Waals surface area contributed by atoms with Crippen LogP contribution in [0.5, 0.6) is 0 Å². The molecule has 112 valence electrons. The number of nitro benzene ring substituents is 1. The van der Waals surface area contributed by atoms with Crippen molar-refractivity contribution in [1.29, 1.82) is 0 Å². The minimum absolute atomic E-state index is 0.0570. The summed E-state index contributed by atoms with van der Waals surface area (Å²) < 4.78 is 13.5. The smallest absolute Gasteiger partial charge is 0.304 e. The number of benzene rings is 1. The van der Waals surface area contributed by atoms with Gasteiger partial charge >= 0.3 is 5.69 Å². The van der Waals surface area contributed by atoms with Crippen LogP contribution in [0.15, 0.2) is 18.2 Å². The molecule has 1 aromatic carbocycles. The molecule has 8 heteroatoms. The lowest BCUT2D eigenvalue weighted by Gasteiger charge is -2.16. The highest BCUT2D eigenvalue weighted by atomic mass is 19.1. The summed E-state index contributed by atoms with van der Waals surface area (Å²) in [5, 5.41) is 13.3. The average Bonchev–Trinajstić information content (AvgIpc) is 2.84. The number of rotatable bonds is 3. The zero-order valence-electron chi connectivity index (χ0n) is 11.3. The largest absolute Gasteiger partial charge is 0.352 e. The molecule has 0 spiro atoms. The first-order chi connectivity index (χ1) is 9.88. The van der Waals surface area contributed by atoms with Gasteiger partial charge in [-0.25, -0.2) is 0 Å². The molecule has 1 N–H and O–H groups in total. The van der Waals surface area contributed by atoms with Crippen LogP contribution in [-0.2, 0) is 4.79 Å². The maximum Gasteiger partial charge on any atom is 0.304 e. The molecule has 1 aliphatic heterocycles. The van der Waals surface area contributed by atoms with Gasteiger partial charge in [-0.15, -0.1) is 0 Å². The molecule has 2 amide bonds. The van der Waals surface area contributed by atoms with E-state index in [0.717, 1.165) is 12.1 Å². The van der Waals surface area contributed by atoms with Crippen LogP contribution in [0.4, 0.5) is 10.1 Å². The molecular weight excluding hydrogens is 281 g/mol. The monoisotopic (exact) mass is 295 g/mol. The van der Waals surface area contributed by atoms with Gasteiger partial charge in [0.25, 0.3) is 5.91 Å². The van der Waals surface area contributed by atoms with Gasteiger partial charge in [0.2, 0.25) is 11.7 Å². The molecule has 1 heterocycles. The molecule has 0 aliphatic carbocycles. The summed E-state index contributed by atoms with van der Waals surface area (Å²) in [5.74, 6) is -1.62. The SMILES string of the molecule is CC(=O)NC1CCN(C(=O)c2ccc([N+](=O)[O-])c(F)c2)C1. The van der Waals surface area contributed by atoms with E-state index in [1.807, 2.05) is 0 Å². The van der Waals surface area contributed by atoms with Crippen LogP contribution in [0.3, 0.4) is 0 Å². The Morgan fingerprint density at radius 3 is 2.76 bits per heavy atom. The third kappa shape index (κ3) is 3.33. The van der Waals surface area contributed by atoms with Gasteiger partial charge in [0.1, 0.15) is 0 Å². The lowest BCUT2D eigenvalue weighted by molar-refractivity contribution is -0.387. The number of likely N-dealkylation sites (tertiary alicyclic amines) is 1. The third-order valence-corrected chi connectivity index (χ3v) is 3.27. The van der Waals surface area contributed by atoms with Gasteiger partial charge in [-0.2, -0.15) is 4.39 Å². The van der Waals surface area contributed by atoms with Gasteiger partial charge < -0.3 is 10.2 Å². The van der Waals surface area contributed by atoms with Crippen LogP contribution in [-0.4, -0.2) is 40.8 Å². The molecular formula is C13H14FN3O4. The van der Waals surface area contributed by atoms with Gasteiger partial charge in [-0.1, -0.05) is 0 Å². The van der Waals surface area contributed by atoms with Crippen LogP contribution in [0.25, 0.3) is 0 Å². The zero-order chi connectivity index (χ0) is 15.6. The van der Waals surface area contributed by atoms with E-state index in [2.05, 4.69) is 5.32 Å². The van der Waals surface area contributed by atoms with Crippen molar-refractivity contribution >= 4 is 17.5 Å². The summed E-state index contributed by atoms with van der Waals surface area (Å²) in [6.45, 7) is 2.19. The molecule has 1 aromatic rings. The van der Waals surface area contributed by atoms with Crippen molar-refractivity contribution in [3.8, 4) is 0 Å². The highest BCUT2D eigenvalue weighted by molar-refractivity contribution is 5.94. The fraction of sp³-hybridized carbons (Fsp3) is 0.385. The number of nitrogens with one attached hydrogen (secondary N) is 1. The van der Waals surface area contributed by atoms with E-state index in [9.17, 15) is 24.1 Å². The van der Waals surface area contributed by atoms with Crippen LogP contribution < -0.4 is 5.32 Å². The van der Waals surface area contributed by atoms with Crippen LogP contribution in [0, 0.1) is 15.9 Å². The Labute approximate surface area is 119 Å². The number of hydrogen-bond acceptors (Lipinski definition) is 4. The molecule has 0 aromatic heterocycles. The van der Waals surface area contributed by atoms with Gasteiger partial charge in [0.05, 0.1) is 4.92 Å². The first-order valence-corrected chi connectivity index (χ1v) is 6.39. The third-order valence-electron chi connectivity index (χ3n) is 3.27. The Morgan fingerprint density at radius 2 is 2.19 bits per heavy atom. The molecule has 1 saturated heterocycles. The number of hydrogen-bond donors (Lipinski definition) is 1. The first kappa shape index (κ1) is 14.9. The van der Waals surface area contributed by atoms with Crippen molar-refractivity contribution in [2.75, 3.05) is 13.1 Å². The number of nitro groups is 1. The minimum Gasteiger partial charge on any atom is -0.352 e. The lowest BCUT2D eigenvalue weighted by atomic mass is 10.1. The Hall–Kier alpha value is -2.51. The van der Waals surface area contributed by atoms with E-state index in [-0.39, 0.29) is 17.5 Å². The number of halogens is 1. The highest BCUT2D eigenvalue weighted by Crippen LogP contribution is 2.20. The molecule has 0 bridgehead atoms. The average molecular weight is 295 g/mol. The summed E-state index contributed by atoms with van der Waals surface area (Å²) in [7, 11) is 0. The molecule has 0 saturated carbocycles. The number of amides is 2. The molecule has 21 heavy (non-hydrogen) atoms. The predicted octanol–water partition coefficient (Wildman–Crippen LogP) is 1.08. The van der Waals surface area contributed by atoms with Crippen LogP contribution in [0.2, 0.25) is 0 Å². The second-order valence-corrected chi connectivity index (χ2v) is 4.86. The van der Waals surface area contributed by atoms with E-state index < -0.39 is 22.3 Å². The van der Waals surface area contributed by atoms with E-state index in [1.54, 1.807) is 0 Å². The maximum atomic E-state index is 13.5. The van der Waals surface area contributed by atoms with E-state index >= 15 is 0 Å². The van der Waals surface area contributed by atoms with Gasteiger partial charge in [0, 0.05) is 37.7 Å². The van der Waals surface area contributed by atoms with Crippen molar-refractivity contribution in [2.45, 2.75) is 19.4 Å².